The number of halogens is 1. The van der Waals surface area contributed by atoms with Gasteiger partial charge in [0.2, 0.25) is 0 Å². The second-order valence-corrected chi connectivity index (χ2v) is 5.77. The quantitative estimate of drug-likeness (QED) is 0.806. The number of aryl methyl sites for hydroxylation is 1. The van der Waals surface area contributed by atoms with Crippen LogP contribution >= 0.6 is 11.6 Å². The number of alkyl halides is 1. The SMILES string of the molecule is Cc1cncc(C(=O)NCC(C)(C)CCCCl)c1. The fourth-order valence-corrected chi connectivity index (χ4v) is 1.87. The van der Waals surface area contributed by atoms with E-state index in [1.807, 2.05) is 13.0 Å². The van der Waals surface area contributed by atoms with E-state index in [0.29, 0.717) is 18.0 Å². The van der Waals surface area contributed by atoms with Crippen LogP contribution in [0, 0.1) is 12.3 Å². The molecule has 3 nitrogen and oxygen atoms in total. The Bertz CT molecular complexity index is 405. The van der Waals surface area contributed by atoms with Crippen molar-refractivity contribution >= 4 is 17.5 Å². The number of rotatable bonds is 6. The first kappa shape index (κ1) is 15.0. The molecule has 0 atom stereocenters. The van der Waals surface area contributed by atoms with Crippen molar-refractivity contribution in [1.29, 1.82) is 0 Å². The number of carbonyl (C=O) groups excluding carboxylic acids is 1. The summed E-state index contributed by atoms with van der Waals surface area (Å²) in [6.45, 7) is 6.84. The molecule has 4 heteroatoms. The highest BCUT2D eigenvalue weighted by molar-refractivity contribution is 6.17. The lowest BCUT2D eigenvalue weighted by atomic mass is 9.88. The van der Waals surface area contributed by atoms with Crippen LogP contribution in [0.15, 0.2) is 18.5 Å². The molecule has 0 unspecified atom stereocenters. The third kappa shape index (κ3) is 5.05. The average molecular weight is 269 g/mol. The minimum absolute atomic E-state index is 0.0647. The summed E-state index contributed by atoms with van der Waals surface area (Å²) in [6.07, 6.45) is 5.30. The van der Waals surface area contributed by atoms with Crippen LogP contribution in [-0.4, -0.2) is 23.3 Å². The molecular weight excluding hydrogens is 248 g/mol. The number of nitrogens with zero attached hydrogens (tertiary/aromatic N) is 1. The van der Waals surface area contributed by atoms with Crippen LogP contribution in [0.1, 0.15) is 42.6 Å². The van der Waals surface area contributed by atoms with Gasteiger partial charge in [-0.25, -0.2) is 0 Å². The number of carbonyl (C=O) groups is 1. The molecule has 0 radical (unpaired) electrons. The van der Waals surface area contributed by atoms with Gasteiger partial charge in [-0.1, -0.05) is 13.8 Å². The predicted octanol–water partition coefficient (Wildman–Crippen LogP) is 3.17. The molecule has 0 bridgehead atoms. The Labute approximate surface area is 114 Å². The van der Waals surface area contributed by atoms with E-state index in [1.54, 1.807) is 12.4 Å². The summed E-state index contributed by atoms with van der Waals surface area (Å²) in [4.78, 5) is 16.0. The predicted molar refractivity (Wildman–Crippen MR) is 75.0 cm³/mol. The van der Waals surface area contributed by atoms with Crippen LogP contribution in [0.2, 0.25) is 0 Å². The fourth-order valence-electron chi connectivity index (χ4n) is 1.73. The molecule has 18 heavy (non-hydrogen) atoms. The second kappa shape index (κ2) is 6.74. The maximum absolute atomic E-state index is 11.9. The minimum atomic E-state index is -0.0647. The van der Waals surface area contributed by atoms with Gasteiger partial charge < -0.3 is 5.32 Å². The van der Waals surface area contributed by atoms with Gasteiger partial charge in [-0.15, -0.1) is 11.6 Å². The summed E-state index contributed by atoms with van der Waals surface area (Å²) in [5, 5.41) is 2.95. The van der Waals surface area contributed by atoms with Gasteiger partial charge in [0.05, 0.1) is 5.56 Å². The van der Waals surface area contributed by atoms with Gasteiger partial charge in [0, 0.05) is 24.8 Å². The molecule has 1 N–H and O–H groups in total. The Hall–Kier alpha value is -1.09. The van der Waals surface area contributed by atoms with Crippen LogP contribution in [0.25, 0.3) is 0 Å². The largest absolute Gasteiger partial charge is 0.351 e. The van der Waals surface area contributed by atoms with Gasteiger partial charge >= 0.3 is 0 Å². The molecule has 1 heterocycles. The van der Waals surface area contributed by atoms with E-state index in [-0.39, 0.29) is 11.3 Å². The number of pyridine rings is 1. The van der Waals surface area contributed by atoms with Crippen molar-refractivity contribution in [2.75, 3.05) is 12.4 Å². The highest BCUT2D eigenvalue weighted by atomic mass is 35.5. The first-order valence-corrected chi connectivity index (χ1v) is 6.74. The zero-order valence-electron chi connectivity index (χ0n) is 11.3. The molecule has 1 aromatic rings. The van der Waals surface area contributed by atoms with Gasteiger partial charge in [-0.2, -0.15) is 0 Å². The average Bonchev–Trinajstić information content (AvgIpc) is 2.34. The molecule has 0 spiro atoms. The number of amides is 1. The first-order chi connectivity index (χ1) is 8.44. The molecule has 100 valence electrons. The Balaban J connectivity index is 2.50. The van der Waals surface area contributed by atoms with E-state index in [4.69, 9.17) is 11.6 Å². The molecule has 0 aliphatic carbocycles. The Morgan fingerprint density at radius 3 is 2.78 bits per heavy atom. The van der Waals surface area contributed by atoms with Crippen molar-refractivity contribution in [3.8, 4) is 0 Å². The third-order valence-electron chi connectivity index (χ3n) is 2.85. The zero-order chi connectivity index (χ0) is 13.6. The van der Waals surface area contributed by atoms with Gasteiger partial charge in [-0.05, 0) is 36.8 Å². The van der Waals surface area contributed by atoms with Crippen molar-refractivity contribution in [1.82, 2.24) is 10.3 Å². The van der Waals surface area contributed by atoms with Gasteiger partial charge in [0.15, 0.2) is 0 Å². The third-order valence-corrected chi connectivity index (χ3v) is 3.12. The number of hydrogen-bond donors (Lipinski definition) is 1. The lowest BCUT2D eigenvalue weighted by Crippen LogP contribution is -2.34. The lowest BCUT2D eigenvalue weighted by molar-refractivity contribution is 0.0934. The van der Waals surface area contributed by atoms with Crippen molar-refractivity contribution in [2.24, 2.45) is 5.41 Å². The molecule has 0 aromatic carbocycles. The zero-order valence-corrected chi connectivity index (χ0v) is 12.0. The number of hydrogen-bond acceptors (Lipinski definition) is 2. The summed E-state index contributed by atoms with van der Waals surface area (Å²) in [7, 11) is 0. The smallest absolute Gasteiger partial charge is 0.252 e. The topological polar surface area (TPSA) is 42.0 Å². The van der Waals surface area contributed by atoms with E-state index >= 15 is 0 Å². The summed E-state index contributed by atoms with van der Waals surface area (Å²) in [6, 6.07) is 1.84. The van der Waals surface area contributed by atoms with E-state index in [1.165, 1.54) is 0 Å². The monoisotopic (exact) mass is 268 g/mol. The summed E-state index contributed by atoms with van der Waals surface area (Å²) >= 11 is 5.69. The van der Waals surface area contributed by atoms with Gasteiger partial charge in [-0.3, -0.25) is 9.78 Å². The van der Waals surface area contributed by atoms with Crippen LogP contribution in [-0.2, 0) is 0 Å². The van der Waals surface area contributed by atoms with Crippen molar-refractivity contribution in [3.05, 3.63) is 29.6 Å². The van der Waals surface area contributed by atoms with E-state index in [0.717, 1.165) is 18.4 Å². The van der Waals surface area contributed by atoms with Crippen LogP contribution in [0.3, 0.4) is 0 Å². The standard InChI is InChI=1S/C14H21ClN2O/c1-11-7-12(9-16-8-11)13(18)17-10-14(2,3)5-4-6-15/h7-9H,4-6,10H2,1-3H3,(H,17,18). The molecule has 0 saturated carbocycles. The molecule has 1 aromatic heterocycles. The second-order valence-electron chi connectivity index (χ2n) is 5.39. The number of nitrogens with one attached hydrogen (secondary N) is 1. The summed E-state index contributed by atoms with van der Waals surface area (Å²) < 4.78 is 0. The van der Waals surface area contributed by atoms with Gasteiger partial charge in [0.1, 0.15) is 0 Å². The Morgan fingerprint density at radius 1 is 1.44 bits per heavy atom. The number of aromatic nitrogens is 1. The van der Waals surface area contributed by atoms with E-state index in [2.05, 4.69) is 24.1 Å². The summed E-state index contributed by atoms with van der Waals surface area (Å²) in [5.41, 5.74) is 1.68. The molecule has 0 fully saturated rings. The minimum Gasteiger partial charge on any atom is -0.351 e. The maximum atomic E-state index is 11.9. The Kier molecular flexibility index (Phi) is 5.60. The molecule has 1 amide bonds. The first-order valence-electron chi connectivity index (χ1n) is 6.20. The van der Waals surface area contributed by atoms with E-state index < -0.39 is 0 Å². The molecule has 0 aliphatic heterocycles. The van der Waals surface area contributed by atoms with Crippen molar-refractivity contribution in [2.45, 2.75) is 33.6 Å². The van der Waals surface area contributed by atoms with Crippen LogP contribution in [0.5, 0.6) is 0 Å². The van der Waals surface area contributed by atoms with Gasteiger partial charge in [0.25, 0.3) is 5.91 Å². The molecular formula is C14H21ClN2O. The summed E-state index contributed by atoms with van der Waals surface area (Å²) in [5.74, 6) is 0.601. The lowest BCUT2D eigenvalue weighted by Gasteiger charge is -2.24. The van der Waals surface area contributed by atoms with Crippen LogP contribution in [0.4, 0.5) is 0 Å². The highest BCUT2D eigenvalue weighted by Gasteiger charge is 2.18. The van der Waals surface area contributed by atoms with E-state index in [9.17, 15) is 4.79 Å². The molecule has 0 saturated heterocycles. The van der Waals surface area contributed by atoms with Crippen molar-refractivity contribution < 1.29 is 4.79 Å². The molecule has 1 rings (SSSR count). The maximum Gasteiger partial charge on any atom is 0.252 e. The highest BCUT2D eigenvalue weighted by Crippen LogP contribution is 2.21. The Morgan fingerprint density at radius 2 is 2.17 bits per heavy atom. The fraction of sp³-hybridized carbons (Fsp3) is 0.571. The normalized spacial score (nSPS) is 11.3. The molecule has 0 aliphatic rings. The van der Waals surface area contributed by atoms with Crippen molar-refractivity contribution in [3.63, 3.8) is 0 Å². The van der Waals surface area contributed by atoms with Crippen LogP contribution < -0.4 is 5.32 Å².